The van der Waals surface area contributed by atoms with Crippen LogP contribution in [0.3, 0.4) is 0 Å². The third kappa shape index (κ3) is 4.80. The second-order valence-electron chi connectivity index (χ2n) is 4.19. The van der Waals surface area contributed by atoms with E-state index in [1.165, 1.54) is 12.8 Å². The van der Waals surface area contributed by atoms with Gasteiger partial charge in [0, 0.05) is 19.8 Å². The summed E-state index contributed by atoms with van der Waals surface area (Å²) in [6, 6.07) is 10.7. The lowest BCUT2D eigenvalue weighted by molar-refractivity contribution is 0.136. The molecule has 1 rings (SSSR count). The Balaban J connectivity index is 2.69. The Kier molecular flexibility index (Phi) is 7.01. The highest BCUT2D eigenvalue weighted by atomic mass is 28.4. The number of benzene rings is 1. The normalized spacial score (nSPS) is 14.2. The van der Waals surface area contributed by atoms with Crippen LogP contribution in [0.5, 0.6) is 5.75 Å². The lowest BCUT2D eigenvalue weighted by atomic mass is 10.3. The number of rotatable bonds is 9. The quantitative estimate of drug-likeness (QED) is 0.502. The molecule has 18 heavy (non-hydrogen) atoms. The van der Waals surface area contributed by atoms with Crippen LogP contribution in [0.1, 0.15) is 33.1 Å². The minimum atomic E-state index is -2.55. The van der Waals surface area contributed by atoms with E-state index in [1.807, 2.05) is 37.3 Å². The molecular formula is C14H24O3Si. The monoisotopic (exact) mass is 268 g/mol. The number of hydrogen-bond acceptors (Lipinski definition) is 3. The molecular weight excluding hydrogens is 244 g/mol. The van der Waals surface area contributed by atoms with Crippen molar-refractivity contribution in [3.05, 3.63) is 30.3 Å². The van der Waals surface area contributed by atoms with Gasteiger partial charge in [-0.3, -0.25) is 0 Å². The van der Waals surface area contributed by atoms with Gasteiger partial charge >= 0.3 is 8.80 Å². The SMILES string of the molecule is CCCCC[Si](OC)(OCC)Oc1ccccc1. The van der Waals surface area contributed by atoms with Gasteiger partial charge in [0.15, 0.2) is 0 Å². The zero-order chi connectivity index (χ0) is 13.3. The highest BCUT2D eigenvalue weighted by Crippen LogP contribution is 2.22. The first-order valence-corrected chi connectivity index (χ1v) is 8.62. The Bertz CT molecular complexity index is 318. The molecule has 0 saturated carbocycles. The van der Waals surface area contributed by atoms with E-state index in [0.717, 1.165) is 18.2 Å². The van der Waals surface area contributed by atoms with Crippen molar-refractivity contribution in [1.82, 2.24) is 0 Å². The molecule has 0 amide bonds. The van der Waals surface area contributed by atoms with Crippen molar-refractivity contribution in [2.75, 3.05) is 13.7 Å². The van der Waals surface area contributed by atoms with E-state index in [4.69, 9.17) is 13.3 Å². The van der Waals surface area contributed by atoms with Crippen LogP contribution in [-0.2, 0) is 8.85 Å². The van der Waals surface area contributed by atoms with Crippen molar-refractivity contribution in [3.8, 4) is 5.75 Å². The Morgan fingerprint density at radius 2 is 1.78 bits per heavy atom. The summed E-state index contributed by atoms with van der Waals surface area (Å²) in [6.07, 6.45) is 3.46. The van der Waals surface area contributed by atoms with Crippen LogP contribution in [0.25, 0.3) is 0 Å². The minimum absolute atomic E-state index is 0.624. The third-order valence-corrected chi connectivity index (χ3v) is 5.64. The van der Waals surface area contributed by atoms with Gasteiger partial charge in [0.05, 0.1) is 0 Å². The molecule has 0 spiro atoms. The van der Waals surface area contributed by atoms with Crippen molar-refractivity contribution >= 4 is 8.80 Å². The minimum Gasteiger partial charge on any atom is -0.501 e. The van der Waals surface area contributed by atoms with Crippen LogP contribution in [0, 0.1) is 0 Å². The molecule has 1 aromatic carbocycles. The fourth-order valence-electron chi connectivity index (χ4n) is 1.83. The Labute approximate surface area is 111 Å². The molecule has 4 heteroatoms. The molecule has 0 aliphatic heterocycles. The predicted octanol–water partition coefficient (Wildman–Crippen LogP) is 3.88. The van der Waals surface area contributed by atoms with Crippen molar-refractivity contribution in [3.63, 3.8) is 0 Å². The molecule has 0 aliphatic rings. The average molecular weight is 268 g/mol. The van der Waals surface area contributed by atoms with Gasteiger partial charge in [-0.2, -0.15) is 0 Å². The third-order valence-electron chi connectivity index (χ3n) is 2.78. The number of unbranched alkanes of at least 4 members (excludes halogenated alkanes) is 2. The van der Waals surface area contributed by atoms with Crippen molar-refractivity contribution < 1.29 is 13.3 Å². The van der Waals surface area contributed by atoms with Crippen LogP contribution >= 0.6 is 0 Å². The molecule has 0 radical (unpaired) electrons. The van der Waals surface area contributed by atoms with Gasteiger partial charge in [-0.05, 0) is 25.5 Å². The molecule has 0 bridgehead atoms. The molecule has 1 unspecified atom stereocenters. The molecule has 0 N–H and O–H groups in total. The van der Waals surface area contributed by atoms with Gasteiger partial charge in [-0.25, -0.2) is 0 Å². The van der Waals surface area contributed by atoms with Gasteiger partial charge < -0.3 is 13.3 Å². The fourth-order valence-corrected chi connectivity index (χ4v) is 4.16. The summed E-state index contributed by atoms with van der Waals surface area (Å²) in [7, 11) is -0.856. The van der Waals surface area contributed by atoms with Crippen LogP contribution in [0.15, 0.2) is 30.3 Å². The number of para-hydroxylation sites is 1. The highest BCUT2D eigenvalue weighted by molar-refractivity contribution is 6.61. The summed E-state index contributed by atoms with van der Waals surface area (Å²) >= 11 is 0. The van der Waals surface area contributed by atoms with E-state index in [1.54, 1.807) is 7.11 Å². The lowest BCUT2D eigenvalue weighted by Crippen LogP contribution is -2.48. The van der Waals surface area contributed by atoms with E-state index >= 15 is 0 Å². The molecule has 0 fully saturated rings. The first-order chi connectivity index (χ1) is 8.76. The Hall–Kier alpha value is -0.843. The summed E-state index contributed by atoms with van der Waals surface area (Å²) < 4.78 is 17.5. The second kappa shape index (κ2) is 8.29. The first-order valence-electron chi connectivity index (χ1n) is 6.69. The summed E-state index contributed by atoms with van der Waals surface area (Å²) in [5, 5.41) is 0. The van der Waals surface area contributed by atoms with Crippen LogP contribution in [-0.4, -0.2) is 22.5 Å². The lowest BCUT2D eigenvalue weighted by Gasteiger charge is -2.28. The molecule has 0 aliphatic carbocycles. The average Bonchev–Trinajstić information content (AvgIpc) is 2.40. The smallest absolute Gasteiger partial charge is 0.501 e. The van der Waals surface area contributed by atoms with Crippen molar-refractivity contribution in [2.45, 2.75) is 39.2 Å². The molecule has 0 heterocycles. The largest absolute Gasteiger partial charge is 0.565 e. The molecule has 0 saturated heterocycles. The first kappa shape index (κ1) is 15.2. The van der Waals surface area contributed by atoms with Gasteiger partial charge in [0.2, 0.25) is 0 Å². The molecule has 102 valence electrons. The van der Waals surface area contributed by atoms with Crippen molar-refractivity contribution in [2.24, 2.45) is 0 Å². The van der Waals surface area contributed by atoms with Crippen LogP contribution in [0.2, 0.25) is 6.04 Å². The Morgan fingerprint density at radius 1 is 1.06 bits per heavy atom. The van der Waals surface area contributed by atoms with Crippen LogP contribution < -0.4 is 4.43 Å². The highest BCUT2D eigenvalue weighted by Gasteiger charge is 2.41. The predicted molar refractivity (Wildman–Crippen MR) is 75.8 cm³/mol. The maximum absolute atomic E-state index is 6.03. The topological polar surface area (TPSA) is 27.7 Å². The maximum Gasteiger partial charge on any atom is 0.565 e. The van der Waals surface area contributed by atoms with Gasteiger partial charge in [0.25, 0.3) is 0 Å². The zero-order valence-electron chi connectivity index (χ0n) is 11.6. The van der Waals surface area contributed by atoms with Gasteiger partial charge in [0.1, 0.15) is 5.75 Å². The van der Waals surface area contributed by atoms with E-state index in [9.17, 15) is 0 Å². The summed E-state index contributed by atoms with van der Waals surface area (Å²) in [5.41, 5.74) is 0. The molecule has 1 atom stereocenters. The van der Waals surface area contributed by atoms with E-state index in [0.29, 0.717) is 6.61 Å². The number of hydrogen-bond donors (Lipinski definition) is 0. The van der Waals surface area contributed by atoms with Gasteiger partial charge in [-0.1, -0.05) is 38.0 Å². The fraction of sp³-hybridized carbons (Fsp3) is 0.571. The zero-order valence-corrected chi connectivity index (χ0v) is 12.6. The summed E-state index contributed by atoms with van der Waals surface area (Å²) in [4.78, 5) is 0. The molecule has 1 aromatic rings. The molecule has 3 nitrogen and oxygen atoms in total. The van der Waals surface area contributed by atoms with E-state index in [-0.39, 0.29) is 0 Å². The van der Waals surface area contributed by atoms with E-state index < -0.39 is 8.80 Å². The Morgan fingerprint density at radius 3 is 2.33 bits per heavy atom. The van der Waals surface area contributed by atoms with Crippen LogP contribution in [0.4, 0.5) is 0 Å². The van der Waals surface area contributed by atoms with Crippen molar-refractivity contribution in [1.29, 1.82) is 0 Å². The standard InChI is InChI=1S/C14H24O3Si/c1-4-6-10-13-18(15-3,16-5-2)17-14-11-8-7-9-12-14/h7-9,11-12H,4-6,10,13H2,1-3H3. The van der Waals surface area contributed by atoms with Gasteiger partial charge in [-0.15, -0.1) is 0 Å². The summed E-state index contributed by atoms with van der Waals surface area (Å²) in [6.45, 7) is 4.79. The summed E-state index contributed by atoms with van der Waals surface area (Å²) in [5.74, 6) is 0.830. The maximum atomic E-state index is 6.03. The van der Waals surface area contributed by atoms with E-state index in [2.05, 4.69) is 6.92 Å². The molecule has 0 aromatic heterocycles. The second-order valence-corrected chi connectivity index (χ2v) is 6.96.